The SMILES string of the molecule is CC.OCCN1CCOCC1.c1ccc2c(c1)c1c3n2CCC2CCCN(CC1)C32. The summed E-state index contributed by atoms with van der Waals surface area (Å²) in [5.74, 6) is 0.921. The van der Waals surface area contributed by atoms with Gasteiger partial charge in [0.25, 0.3) is 0 Å². The van der Waals surface area contributed by atoms with Crippen molar-refractivity contribution in [3.05, 3.63) is 35.5 Å². The lowest BCUT2D eigenvalue weighted by Gasteiger charge is -2.47. The standard InChI is InChI=1S/C17H20N2.C6H13NO2.C2H6/c1-2-6-15-13(5-1)14-8-10-18-9-3-4-12-7-11-19(15)17(14)16(12)18;8-4-1-7-2-5-9-6-3-7;1-2/h1-2,5-6,12,16H,3-4,7-11H2;8H,1-6H2;1-2H3. The molecule has 1 N–H and O–H groups in total. The van der Waals surface area contributed by atoms with E-state index in [1.807, 2.05) is 13.8 Å². The predicted molar refractivity (Wildman–Crippen MR) is 123 cm³/mol. The Balaban J connectivity index is 0.000000169. The molecule has 2 fully saturated rings. The van der Waals surface area contributed by atoms with Crippen LogP contribution in [0.25, 0.3) is 10.9 Å². The van der Waals surface area contributed by atoms with Crippen molar-refractivity contribution in [2.45, 2.75) is 52.1 Å². The number of aryl methyl sites for hydroxylation is 1. The van der Waals surface area contributed by atoms with Gasteiger partial charge in [-0.1, -0.05) is 32.0 Å². The van der Waals surface area contributed by atoms with Gasteiger partial charge >= 0.3 is 0 Å². The summed E-state index contributed by atoms with van der Waals surface area (Å²) >= 11 is 0. The first-order valence-electron chi connectivity index (χ1n) is 12.1. The lowest BCUT2D eigenvalue weighted by molar-refractivity contribution is 0.0306. The zero-order chi connectivity index (χ0) is 20.9. The Morgan fingerprint density at radius 3 is 2.60 bits per heavy atom. The fraction of sp³-hybridized carbons (Fsp3) is 0.680. The van der Waals surface area contributed by atoms with Crippen LogP contribution < -0.4 is 0 Å². The lowest BCUT2D eigenvalue weighted by atomic mass is 9.79. The summed E-state index contributed by atoms with van der Waals surface area (Å²) in [6.45, 7) is 12.5. The Bertz CT molecular complexity index is 756. The summed E-state index contributed by atoms with van der Waals surface area (Å²) in [6, 6.07) is 9.79. The highest BCUT2D eigenvalue weighted by molar-refractivity contribution is 5.86. The Kier molecular flexibility index (Phi) is 7.47. The number of ether oxygens (including phenoxy) is 1. The molecule has 2 unspecified atom stereocenters. The molecule has 0 radical (unpaired) electrons. The molecule has 4 aliphatic rings. The Morgan fingerprint density at radius 2 is 1.80 bits per heavy atom. The fourth-order valence-electron chi connectivity index (χ4n) is 5.85. The first-order valence-corrected chi connectivity index (χ1v) is 12.1. The van der Waals surface area contributed by atoms with Crippen molar-refractivity contribution in [1.82, 2.24) is 14.4 Å². The molecule has 5 nitrogen and oxygen atoms in total. The minimum atomic E-state index is 0.264. The molecule has 5 heterocycles. The van der Waals surface area contributed by atoms with Crippen molar-refractivity contribution in [2.75, 3.05) is 52.5 Å². The molecule has 5 heteroatoms. The Morgan fingerprint density at radius 1 is 1.00 bits per heavy atom. The van der Waals surface area contributed by atoms with Crippen molar-refractivity contribution >= 4 is 10.9 Å². The van der Waals surface area contributed by atoms with Gasteiger partial charge in [0, 0.05) is 49.3 Å². The van der Waals surface area contributed by atoms with E-state index in [1.54, 1.807) is 11.3 Å². The predicted octanol–water partition coefficient (Wildman–Crippen LogP) is 3.69. The second-order valence-corrected chi connectivity index (χ2v) is 8.63. The number of hydrogen-bond donors (Lipinski definition) is 1. The van der Waals surface area contributed by atoms with Crippen LogP contribution in [0.15, 0.2) is 24.3 Å². The molecule has 0 saturated carbocycles. The number of para-hydroxylation sites is 1. The molecular formula is C25H39N3O2. The summed E-state index contributed by atoms with van der Waals surface area (Å²) in [5, 5.41) is 10.1. The largest absolute Gasteiger partial charge is 0.395 e. The number of aliphatic hydroxyl groups is 1. The highest BCUT2D eigenvalue weighted by Gasteiger charge is 2.41. The maximum Gasteiger partial charge on any atom is 0.0594 e. The van der Waals surface area contributed by atoms with Crippen molar-refractivity contribution in [3.8, 4) is 0 Å². The highest BCUT2D eigenvalue weighted by atomic mass is 16.5. The van der Waals surface area contributed by atoms with Gasteiger partial charge in [-0.3, -0.25) is 9.80 Å². The summed E-state index contributed by atoms with van der Waals surface area (Å²) in [6.07, 6.45) is 5.50. The molecule has 6 rings (SSSR count). The molecule has 166 valence electrons. The van der Waals surface area contributed by atoms with E-state index < -0.39 is 0 Å². The minimum Gasteiger partial charge on any atom is -0.395 e. The first kappa shape index (κ1) is 21.8. The van der Waals surface area contributed by atoms with Gasteiger partial charge in [0.15, 0.2) is 0 Å². The first-order chi connectivity index (χ1) is 14.9. The summed E-state index contributed by atoms with van der Waals surface area (Å²) < 4.78 is 7.76. The number of rotatable bonds is 2. The summed E-state index contributed by atoms with van der Waals surface area (Å²) in [5.41, 5.74) is 4.84. The van der Waals surface area contributed by atoms with E-state index in [1.165, 1.54) is 56.2 Å². The van der Waals surface area contributed by atoms with Gasteiger partial charge in [-0.15, -0.1) is 0 Å². The number of aromatic nitrogens is 1. The average Bonchev–Trinajstić information content (AvgIpc) is 3.16. The maximum absolute atomic E-state index is 8.54. The number of benzene rings is 1. The molecule has 0 bridgehead atoms. The molecular weight excluding hydrogens is 374 g/mol. The van der Waals surface area contributed by atoms with Crippen LogP contribution in [0.5, 0.6) is 0 Å². The maximum atomic E-state index is 8.54. The van der Waals surface area contributed by atoms with Gasteiger partial charge in [0.1, 0.15) is 0 Å². The Hall–Kier alpha value is -1.40. The third-order valence-corrected chi connectivity index (χ3v) is 7.15. The summed E-state index contributed by atoms with van der Waals surface area (Å²) in [4.78, 5) is 4.97. The van der Waals surface area contributed by atoms with Crippen LogP contribution in [0, 0.1) is 5.92 Å². The van der Waals surface area contributed by atoms with Gasteiger partial charge < -0.3 is 14.4 Å². The molecule has 30 heavy (non-hydrogen) atoms. The minimum absolute atomic E-state index is 0.264. The van der Waals surface area contributed by atoms with Crippen LogP contribution in [0.4, 0.5) is 0 Å². The highest BCUT2D eigenvalue weighted by Crippen LogP contribution is 2.48. The molecule has 0 amide bonds. The molecule has 1 aromatic carbocycles. The van der Waals surface area contributed by atoms with Crippen molar-refractivity contribution in [3.63, 3.8) is 0 Å². The number of hydrogen-bond acceptors (Lipinski definition) is 4. The normalized spacial score (nSPS) is 25.6. The van der Waals surface area contributed by atoms with E-state index in [9.17, 15) is 0 Å². The topological polar surface area (TPSA) is 40.9 Å². The molecule has 1 aromatic heterocycles. The quantitative estimate of drug-likeness (QED) is 0.815. The van der Waals surface area contributed by atoms with Crippen molar-refractivity contribution in [1.29, 1.82) is 0 Å². The molecule has 2 aromatic rings. The van der Waals surface area contributed by atoms with Gasteiger partial charge in [-0.25, -0.2) is 0 Å². The van der Waals surface area contributed by atoms with Gasteiger partial charge in [0.05, 0.1) is 25.9 Å². The van der Waals surface area contributed by atoms with Crippen molar-refractivity contribution < 1.29 is 9.84 Å². The number of β-amino-alcohol motifs (C(OH)–C–C–N with tert-alkyl or cyclic N) is 1. The number of aliphatic hydroxyl groups excluding tert-OH is 1. The van der Waals surface area contributed by atoms with Crippen molar-refractivity contribution in [2.24, 2.45) is 5.92 Å². The van der Waals surface area contributed by atoms with E-state index in [4.69, 9.17) is 9.84 Å². The van der Waals surface area contributed by atoms with E-state index >= 15 is 0 Å². The number of nitrogens with zero attached hydrogens (tertiary/aromatic N) is 3. The van der Waals surface area contributed by atoms with Crippen LogP contribution in [-0.4, -0.2) is 72.0 Å². The third kappa shape index (κ3) is 4.18. The third-order valence-electron chi connectivity index (χ3n) is 7.15. The molecule has 0 aliphatic carbocycles. The number of morpholine rings is 1. The fourth-order valence-corrected chi connectivity index (χ4v) is 5.85. The zero-order valence-corrected chi connectivity index (χ0v) is 18.9. The van der Waals surface area contributed by atoms with Crippen LogP contribution >= 0.6 is 0 Å². The van der Waals surface area contributed by atoms with Crippen LogP contribution in [0.1, 0.15) is 50.4 Å². The van der Waals surface area contributed by atoms with Gasteiger partial charge in [0.2, 0.25) is 0 Å². The average molecular weight is 414 g/mol. The number of fused-ring (bicyclic) bond motifs is 3. The van der Waals surface area contributed by atoms with Gasteiger partial charge in [-0.2, -0.15) is 0 Å². The van der Waals surface area contributed by atoms with Crippen LogP contribution in [0.2, 0.25) is 0 Å². The second kappa shape index (κ2) is 10.3. The van der Waals surface area contributed by atoms with E-state index in [0.29, 0.717) is 0 Å². The molecule has 2 atom stereocenters. The van der Waals surface area contributed by atoms with Gasteiger partial charge in [-0.05, 0) is 49.8 Å². The van der Waals surface area contributed by atoms with Crippen LogP contribution in [0.3, 0.4) is 0 Å². The van der Waals surface area contributed by atoms with E-state index in [2.05, 4.69) is 38.6 Å². The number of piperidine rings is 1. The van der Waals surface area contributed by atoms with E-state index in [-0.39, 0.29) is 6.61 Å². The molecule has 0 spiro atoms. The second-order valence-electron chi connectivity index (χ2n) is 8.63. The lowest BCUT2D eigenvalue weighted by Crippen LogP contribution is -2.46. The monoisotopic (exact) mass is 413 g/mol. The Labute approximate surface area is 181 Å². The molecule has 4 aliphatic heterocycles. The summed E-state index contributed by atoms with van der Waals surface area (Å²) in [7, 11) is 0. The molecule has 2 saturated heterocycles. The zero-order valence-electron chi connectivity index (χ0n) is 18.9. The van der Waals surface area contributed by atoms with E-state index in [0.717, 1.165) is 44.8 Å². The smallest absolute Gasteiger partial charge is 0.0594 e. The van der Waals surface area contributed by atoms with Crippen LogP contribution in [-0.2, 0) is 17.7 Å².